The molecule has 0 unspecified atom stereocenters. The first kappa shape index (κ1) is 30.5. The van der Waals surface area contributed by atoms with Crippen molar-refractivity contribution in [3.63, 3.8) is 0 Å². The maximum Gasteiger partial charge on any atom is 0.428 e. The number of anilines is 2. The number of ketones is 1. The zero-order valence-electron chi connectivity index (χ0n) is 22.3. The lowest BCUT2D eigenvalue weighted by atomic mass is 10.1. The molecule has 3 N–H and O–H groups in total. The molecule has 0 amide bonds. The Balaban J connectivity index is 1.56. The zero-order valence-corrected chi connectivity index (χ0v) is 22.3. The maximum atomic E-state index is 14.4. The van der Waals surface area contributed by atoms with Gasteiger partial charge in [-0.3, -0.25) is 10.1 Å². The molecular weight excluding hydrogens is 520 g/mol. The van der Waals surface area contributed by atoms with Crippen molar-refractivity contribution in [3.05, 3.63) is 41.3 Å². The van der Waals surface area contributed by atoms with Crippen molar-refractivity contribution in [2.45, 2.75) is 63.8 Å². The van der Waals surface area contributed by atoms with Crippen molar-refractivity contribution >= 4 is 17.5 Å². The van der Waals surface area contributed by atoms with Crippen LogP contribution >= 0.6 is 0 Å². The second kappa shape index (κ2) is 14.4. The summed E-state index contributed by atoms with van der Waals surface area (Å²) in [4.78, 5) is 22.5. The minimum absolute atomic E-state index is 0.0586. The number of aryl methyl sites for hydroxylation is 2. The molecule has 2 aromatic rings. The largest absolute Gasteiger partial charge is 0.428 e. The second-order valence-corrected chi connectivity index (χ2v) is 9.76. The monoisotopic (exact) mass is 557 g/mol. The number of pyridine rings is 1. The Morgan fingerprint density at radius 3 is 2.79 bits per heavy atom. The van der Waals surface area contributed by atoms with Crippen LogP contribution in [0.3, 0.4) is 0 Å². The number of carbonyl (C=O) groups is 1. The van der Waals surface area contributed by atoms with Gasteiger partial charge in [-0.25, -0.2) is 9.37 Å². The highest BCUT2D eigenvalue weighted by Gasteiger charge is 2.35. The van der Waals surface area contributed by atoms with Gasteiger partial charge in [-0.2, -0.15) is 13.2 Å². The summed E-state index contributed by atoms with van der Waals surface area (Å²) in [5.74, 6) is 0.358. The van der Waals surface area contributed by atoms with Gasteiger partial charge in [-0.05, 0) is 57.2 Å². The van der Waals surface area contributed by atoms with E-state index in [4.69, 9.17) is 9.72 Å². The van der Waals surface area contributed by atoms with E-state index in [2.05, 4.69) is 21.7 Å². The van der Waals surface area contributed by atoms with Crippen LogP contribution in [0.1, 0.15) is 49.4 Å². The van der Waals surface area contributed by atoms with Crippen LogP contribution < -0.4 is 15.4 Å². The van der Waals surface area contributed by atoms with Gasteiger partial charge in [0, 0.05) is 38.9 Å². The Kier molecular flexibility index (Phi) is 11.2. The zero-order chi connectivity index (χ0) is 28.4. The van der Waals surface area contributed by atoms with Crippen molar-refractivity contribution in [1.29, 1.82) is 0 Å². The molecule has 0 saturated carbocycles. The van der Waals surface area contributed by atoms with Gasteiger partial charge in [0.15, 0.2) is 5.78 Å². The number of alkyl halides is 4. The second-order valence-electron chi connectivity index (χ2n) is 9.76. The highest BCUT2D eigenvalue weighted by atomic mass is 19.4. The molecule has 0 aromatic carbocycles. The molecule has 0 bridgehead atoms. The van der Waals surface area contributed by atoms with Crippen molar-refractivity contribution < 1.29 is 37.0 Å². The number of methoxy groups -OCH3 is 1. The minimum Gasteiger partial charge on any atom is -0.382 e. The SMILES string of the molecule is COC[C@@H](F)CN(CCCCc1ccc2c(n1)NCCC2)CC[C@H](Nc1ncc(C(F)(F)F)c[n+]1O)C(C)=O. The predicted molar refractivity (Wildman–Crippen MR) is 137 cm³/mol. The molecular formula is C26H37F4N6O3+. The van der Waals surface area contributed by atoms with Crippen LogP contribution in [0.15, 0.2) is 24.5 Å². The van der Waals surface area contributed by atoms with Crippen molar-refractivity contribution in [2.24, 2.45) is 0 Å². The van der Waals surface area contributed by atoms with E-state index in [0.717, 1.165) is 50.2 Å². The predicted octanol–water partition coefficient (Wildman–Crippen LogP) is 3.45. The molecule has 3 rings (SSSR count). The topological polar surface area (TPSA) is 103 Å². The van der Waals surface area contributed by atoms with Gasteiger partial charge in [0.1, 0.15) is 36.0 Å². The standard InChI is InChI=1S/C26H36F4N6O3/c1-18(37)23(34-25-32-14-20(15-36(25)38)26(28,29)30)10-13-35(16-21(27)17-39-2)12-4-3-7-22-9-8-19-6-5-11-31-24(19)33-22/h8-9,14-15,21,23,38H,3-7,10-13,16-17H2,1-2H3,(H,31,33)/p+1/t21-,23-/m0/s1. The molecule has 3 heterocycles. The first-order valence-electron chi connectivity index (χ1n) is 13.1. The summed E-state index contributed by atoms with van der Waals surface area (Å²) in [5.41, 5.74) is 1.10. The lowest BCUT2D eigenvalue weighted by molar-refractivity contribution is -0.895. The molecule has 2 aromatic heterocycles. The Hall–Kier alpha value is -3.06. The molecule has 9 nitrogen and oxygen atoms in total. The Morgan fingerprint density at radius 1 is 1.31 bits per heavy atom. The van der Waals surface area contributed by atoms with E-state index >= 15 is 0 Å². The first-order chi connectivity index (χ1) is 18.6. The van der Waals surface area contributed by atoms with Crippen LogP contribution in [0, 0.1) is 0 Å². The number of hydrogen-bond acceptors (Lipinski definition) is 8. The van der Waals surface area contributed by atoms with Gasteiger partial charge in [0.25, 0.3) is 0 Å². The molecule has 1 aliphatic heterocycles. The normalized spacial score (nSPS) is 14.9. The molecule has 13 heteroatoms. The summed E-state index contributed by atoms with van der Waals surface area (Å²) >= 11 is 0. The summed E-state index contributed by atoms with van der Waals surface area (Å²) in [6, 6.07) is 3.32. The number of Topliss-reactive ketones (excluding diaryl/α,β-unsaturated/α-hetero) is 1. The molecule has 0 spiro atoms. The summed E-state index contributed by atoms with van der Waals surface area (Å²) in [6.45, 7) is 3.23. The number of rotatable bonds is 15. The summed E-state index contributed by atoms with van der Waals surface area (Å²) in [7, 11) is 1.42. The van der Waals surface area contributed by atoms with Crippen molar-refractivity contribution in [2.75, 3.05) is 50.5 Å². The fraction of sp³-hybridized carbons (Fsp3) is 0.615. The van der Waals surface area contributed by atoms with Crippen LogP contribution in [-0.2, 0) is 28.5 Å². The lowest BCUT2D eigenvalue weighted by Gasteiger charge is -2.25. The van der Waals surface area contributed by atoms with E-state index in [9.17, 15) is 27.6 Å². The molecule has 39 heavy (non-hydrogen) atoms. The van der Waals surface area contributed by atoms with Crippen LogP contribution in [0.25, 0.3) is 0 Å². The van der Waals surface area contributed by atoms with E-state index < -0.39 is 24.0 Å². The van der Waals surface area contributed by atoms with Gasteiger partial charge in [-0.1, -0.05) is 15.8 Å². The van der Waals surface area contributed by atoms with Gasteiger partial charge < -0.3 is 20.2 Å². The number of unbranched alkanes of at least 4 members (excludes halogenated alkanes) is 1. The average Bonchev–Trinajstić information content (AvgIpc) is 2.88. The first-order valence-corrected chi connectivity index (χ1v) is 13.1. The Bertz CT molecular complexity index is 1090. The lowest BCUT2D eigenvalue weighted by Crippen LogP contribution is -2.42. The minimum atomic E-state index is -4.67. The molecule has 0 radical (unpaired) electrons. The Morgan fingerprint density at radius 2 is 2.10 bits per heavy atom. The smallest absolute Gasteiger partial charge is 0.382 e. The highest BCUT2D eigenvalue weighted by Crippen LogP contribution is 2.27. The van der Waals surface area contributed by atoms with E-state index in [-0.39, 0.29) is 36.0 Å². The summed E-state index contributed by atoms with van der Waals surface area (Å²) < 4.78 is 58.1. The van der Waals surface area contributed by atoms with Crippen LogP contribution in [0.2, 0.25) is 0 Å². The number of ether oxygens (including phenoxy) is 1. The summed E-state index contributed by atoms with van der Waals surface area (Å²) in [5, 5.41) is 16.0. The number of hydrogen-bond donors (Lipinski definition) is 3. The van der Waals surface area contributed by atoms with Gasteiger partial charge in [0.2, 0.25) is 0 Å². The number of carbonyl (C=O) groups excluding carboxylic acids is 1. The maximum absolute atomic E-state index is 14.4. The molecule has 216 valence electrons. The van der Waals surface area contributed by atoms with Gasteiger partial charge in [0.05, 0.1) is 6.61 Å². The van der Waals surface area contributed by atoms with Crippen LogP contribution in [-0.4, -0.2) is 78.0 Å². The molecule has 2 atom stereocenters. The van der Waals surface area contributed by atoms with Gasteiger partial charge in [-0.15, -0.1) is 0 Å². The third kappa shape index (κ3) is 9.57. The van der Waals surface area contributed by atoms with Crippen LogP contribution in [0.5, 0.6) is 0 Å². The molecule has 0 saturated heterocycles. The fourth-order valence-corrected chi connectivity index (χ4v) is 4.47. The van der Waals surface area contributed by atoms with Crippen molar-refractivity contribution in [3.8, 4) is 0 Å². The Labute approximate surface area is 225 Å². The van der Waals surface area contributed by atoms with E-state index in [1.165, 1.54) is 19.6 Å². The molecule has 0 aliphatic carbocycles. The molecule has 1 aliphatic rings. The quantitative estimate of drug-likeness (QED) is 0.133. The molecule has 0 fully saturated rings. The number of nitrogens with one attached hydrogen (secondary N) is 2. The fourth-order valence-electron chi connectivity index (χ4n) is 4.47. The highest BCUT2D eigenvalue weighted by molar-refractivity contribution is 5.83. The summed E-state index contributed by atoms with van der Waals surface area (Å²) in [6.07, 6.45) is -0.0710. The van der Waals surface area contributed by atoms with Crippen molar-refractivity contribution in [1.82, 2.24) is 14.9 Å². The van der Waals surface area contributed by atoms with E-state index in [1.54, 1.807) is 0 Å². The third-order valence-corrected chi connectivity index (χ3v) is 6.57. The van der Waals surface area contributed by atoms with E-state index in [0.29, 0.717) is 25.5 Å². The van der Waals surface area contributed by atoms with Gasteiger partial charge >= 0.3 is 12.1 Å². The average molecular weight is 558 g/mol. The number of halogens is 4. The third-order valence-electron chi connectivity index (χ3n) is 6.57. The van der Waals surface area contributed by atoms with E-state index in [1.807, 2.05) is 11.0 Å². The number of aromatic nitrogens is 3. The van der Waals surface area contributed by atoms with Crippen LogP contribution in [0.4, 0.5) is 29.3 Å². The number of nitrogens with zero attached hydrogens (tertiary/aromatic N) is 4. The number of fused-ring (bicyclic) bond motifs is 1.